The molecule has 12 heteroatoms. The molecule has 4 N–H and O–H groups in total. The fourth-order valence-corrected chi connectivity index (χ4v) is 7.11. The smallest absolute Gasteiger partial charge is 0.472 e. The van der Waals surface area contributed by atoms with Crippen LogP contribution in [0.15, 0.2) is 24.3 Å². The number of hydrogen-bond donors (Lipinski definition) is 3. The number of esters is 2. The van der Waals surface area contributed by atoms with Crippen LogP contribution in [0.1, 0.15) is 213 Å². The Labute approximate surface area is 347 Å². The first kappa shape index (κ1) is 55.0. The Morgan fingerprint density at radius 3 is 1.37 bits per heavy atom. The lowest BCUT2D eigenvalue weighted by Crippen LogP contribution is -2.34. The van der Waals surface area contributed by atoms with Crippen LogP contribution in [0.25, 0.3) is 0 Å². The number of carbonyl (C=O) groups is 3. The van der Waals surface area contributed by atoms with E-state index >= 15 is 0 Å². The van der Waals surface area contributed by atoms with Gasteiger partial charge in [0.05, 0.1) is 13.2 Å². The molecule has 0 spiro atoms. The van der Waals surface area contributed by atoms with Gasteiger partial charge in [-0.05, 0) is 44.9 Å². The molecule has 0 aliphatic carbocycles. The lowest BCUT2D eigenvalue weighted by atomic mass is 10.0. The Morgan fingerprint density at radius 2 is 0.930 bits per heavy atom. The number of carbonyl (C=O) groups excluding carboxylic acids is 2. The van der Waals surface area contributed by atoms with E-state index in [9.17, 15) is 23.8 Å². The van der Waals surface area contributed by atoms with Crippen LogP contribution in [0.5, 0.6) is 0 Å². The molecule has 3 unspecified atom stereocenters. The van der Waals surface area contributed by atoms with Crippen LogP contribution in [0.4, 0.5) is 0 Å². The summed E-state index contributed by atoms with van der Waals surface area (Å²) in [5.41, 5.74) is 5.33. The highest BCUT2D eigenvalue weighted by Gasteiger charge is 2.28. The summed E-state index contributed by atoms with van der Waals surface area (Å²) >= 11 is 0. The molecule has 0 radical (unpaired) electrons. The summed E-state index contributed by atoms with van der Waals surface area (Å²) in [7, 11) is -4.71. The number of aliphatic carboxylic acids is 1. The number of phosphoric acid groups is 1. The zero-order valence-electron chi connectivity index (χ0n) is 36.2. The van der Waals surface area contributed by atoms with E-state index in [2.05, 4.69) is 42.7 Å². The van der Waals surface area contributed by atoms with Gasteiger partial charge in [-0.15, -0.1) is 0 Å². The Bertz CT molecular complexity index is 1070. The summed E-state index contributed by atoms with van der Waals surface area (Å²) in [5, 5.41) is 8.89. The molecule has 0 aromatic rings. The number of nitrogens with two attached hydrogens (primary N) is 1. The normalized spacial score (nSPS) is 13.9. The largest absolute Gasteiger partial charge is 0.480 e. The van der Waals surface area contributed by atoms with Gasteiger partial charge >= 0.3 is 25.7 Å². The van der Waals surface area contributed by atoms with Crippen LogP contribution in [0, 0.1) is 0 Å². The fourth-order valence-electron chi connectivity index (χ4n) is 6.33. The topological polar surface area (TPSA) is 172 Å². The zero-order valence-corrected chi connectivity index (χ0v) is 37.1. The number of carboxylic acid groups (broad SMARTS) is 1. The van der Waals surface area contributed by atoms with E-state index in [-0.39, 0.29) is 19.4 Å². The van der Waals surface area contributed by atoms with Crippen LogP contribution in [-0.2, 0) is 37.5 Å². The van der Waals surface area contributed by atoms with Gasteiger partial charge in [0.25, 0.3) is 0 Å². The Balaban J connectivity index is 4.28. The molecular formula is C45H84NO10P. The van der Waals surface area contributed by atoms with E-state index < -0.39 is 51.1 Å². The van der Waals surface area contributed by atoms with Crippen LogP contribution in [0.2, 0.25) is 0 Å². The highest BCUT2D eigenvalue weighted by Crippen LogP contribution is 2.43. The molecule has 0 aliphatic rings. The first-order valence-corrected chi connectivity index (χ1v) is 24.4. The molecule has 11 nitrogen and oxygen atoms in total. The van der Waals surface area contributed by atoms with Gasteiger partial charge in [-0.2, -0.15) is 0 Å². The highest BCUT2D eigenvalue weighted by atomic mass is 31.2. The number of rotatable bonds is 43. The molecule has 57 heavy (non-hydrogen) atoms. The molecule has 0 saturated heterocycles. The predicted octanol–water partition coefficient (Wildman–Crippen LogP) is 12.2. The second kappa shape index (κ2) is 40.7. The van der Waals surface area contributed by atoms with Gasteiger partial charge < -0.3 is 25.2 Å². The van der Waals surface area contributed by atoms with Crippen molar-refractivity contribution >= 4 is 25.7 Å². The fraction of sp³-hybridized carbons (Fsp3) is 0.844. The number of phosphoric ester groups is 1. The Morgan fingerprint density at radius 1 is 0.544 bits per heavy atom. The van der Waals surface area contributed by atoms with E-state index in [0.717, 1.165) is 51.4 Å². The summed E-state index contributed by atoms with van der Waals surface area (Å²) in [6.07, 6.45) is 42.4. The molecule has 334 valence electrons. The molecule has 0 heterocycles. The van der Waals surface area contributed by atoms with Crippen molar-refractivity contribution in [3.63, 3.8) is 0 Å². The molecule has 3 atom stereocenters. The second-order valence-corrected chi connectivity index (χ2v) is 17.0. The molecule has 0 rings (SSSR count). The van der Waals surface area contributed by atoms with E-state index in [0.29, 0.717) is 12.8 Å². The molecule has 0 aromatic carbocycles. The van der Waals surface area contributed by atoms with E-state index in [1.54, 1.807) is 0 Å². The lowest BCUT2D eigenvalue weighted by molar-refractivity contribution is -0.161. The summed E-state index contributed by atoms with van der Waals surface area (Å²) in [4.78, 5) is 46.0. The first-order valence-electron chi connectivity index (χ1n) is 22.9. The van der Waals surface area contributed by atoms with Crippen LogP contribution < -0.4 is 5.73 Å². The molecule has 0 aliphatic heterocycles. The number of allylic oxidation sites excluding steroid dienone is 4. The van der Waals surface area contributed by atoms with Gasteiger partial charge in [0.2, 0.25) is 0 Å². The maximum atomic E-state index is 12.6. The van der Waals surface area contributed by atoms with Gasteiger partial charge in [-0.1, -0.05) is 179 Å². The first-order chi connectivity index (χ1) is 27.6. The molecule has 0 fully saturated rings. The average molecular weight is 830 g/mol. The van der Waals surface area contributed by atoms with Gasteiger partial charge in [-0.25, -0.2) is 4.57 Å². The lowest BCUT2D eigenvalue weighted by Gasteiger charge is -2.20. The molecule has 0 amide bonds. The van der Waals surface area contributed by atoms with Crippen molar-refractivity contribution in [1.29, 1.82) is 0 Å². The Hall–Kier alpha value is -2.04. The van der Waals surface area contributed by atoms with E-state index in [4.69, 9.17) is 24.8 Å². The second-order valence-electron chi connectivity index (χ2n) is 15.5. The number of hydrogen-bond acceptors (Lipinski definition) is 9. The minimum Gasteiger partial charge on any atom is -0.480 e. The Kier molecular flexibility index (Phi) is 39.3. The van der Waals surface area contributed by atoms with Gasteiger partial charge in [-0.3, -0.25) is 23.4 Å². The van der Waals surface area contributed by atoms with E-state index in [1.165, 1.54) is 122 Å². The molecule has 0 bridgehead atoms. The minimum atomic E-state index is -4.71. The van der Waals surface area contributed by atoms with Crippen molar-refractivity contribution in [2.45, 2.75) is 225 Å². The van der Waals surface area contributed by atoms with Crippen molar-refractivity contribution in [2.24, 2.45) is 5.73 Å². The summed E-state index contributed by atoms with van der Waals surface area (Å²) in [6.45, 7) is 2.80. The molecular weight excluding hydrogens is 745 g/mol. The number of carboxylic acids is 1. The summed E-state index contributed by atoms with van der Waals surface area (Å²) in [6, 6.07) is -1.52. The minimum absolute atomic E-state index is 0.159. The number of unbranched alkanes of at least 4 members (excludes halogenated alkanes) is 25. The maximum Gasteiger partial charge on any atom is 0.472 e. The third-order valence-corrected chi connectivity index (χ3v) is 10.9. The highest BCUT2D eigenvalue weighted by molar-refractivity contribution is 7.47. The van der Waals surface area contributed by atoms with Crippen molar-refractivity contribution in [3.8, 4) is 0 Å². The SMILES string of the molecule is CCCCCCC/C=C\C/C=C\CCCCCCCCCCCC(=O)OC(COC(=O)CCCCCCCCCCCCCC)COP(=O)(O)OCC(N)C(=O)O. The van der Waals surface area contributed by atoms with Gasteiger partial charge in [0, 0.05) is 12.8 Å². The van der Waals surface area contributed by atoms with Crippen molar-refractivity contribution < 1.29 is 47.5 Å². The predicted molar refractivity (Wildman–Crippen MR) is 231 cm³/mol. The average Bonchev–Trinajstić information content (AvgIpc) is 3.19. The maximum absolute atomic E-state index is 12.6. The van der Waals surface area contributed by atoms with Crippen molar-refractivity contribution in [2.75, 3.05) is 19.8 Å². The van der Waals surface area contributed by atoms with Crippen LogP contribution in [0.3, 0.4) is 0 Å². The number of ether oxygens (including phenoxy) is 2. The van der Waals surface area contributed by atoms with Crippen LogP contribution >= 0.6 is 7.82 Å². The van der Waals surface area contributed by atoms with E-state index in [1.807, 2.05) is 0 Å². The molecule has 0 aromatic heterocycles. The van der Waals surface area contributed by atoms with Crippen molar-refractivity contribution in [3.05, 3.63) is 24.3 Å². The van der Waals surface area contributed by atoms with Crippen LogP contribution in [-0.4, -0.2) is 59.9 Å². The summed E-state index contributed by atoms with van der Waals surface area (Å²) in [5.74, 6) is -2.37. The standard InChI is InChI=1S/C45H84NO10P/c1-3-5-7-9-11-13-15-17-18-19-20-21-22-23-24-25-27-29-31-33-35-37-44(48)56-41(39-54-57(51,52)55-40-42(46)45(49)50)38-53-43(47)36-34-32-30-28-26-16-14-12-10-8-6-4-2/h15,17,19-20,41-42H,3-14,16,18,21-40,46H2,1-2H3,(H,49,50)(H,51,52)/b17-15-,20-19-. The molecule has 0 saturated carbocycles. The van der Waals surface area contributed by atoms with Gasteiger partial charge in [0.15, 0.2) is 6.10 Å². The quantitative estimate of drug-likeness (QED) is 0.0231. The zero-order chi connectivity index (χ0) is 42.1. The van der Waals surface area contributed by atoms with Gasteiger partial charge in [0.1, 0.15) is 12.6 Å². The third kappa shape index (κ3) is 40.5. The third-order valence-electron chi connectivity index (χ3n) is 9.95. The van der Waals surface area contributed by atoms with Crippen molar-refractivity contribution in [1.82, 2.24) is 0 Å². The summed E-state index contributed by atoms with van der Waals surface area (Å²) < 4.78 is 32.7. The monoisotopic (exact) mass is 830 g/mol.